The van der Waals surface area contributed by atoms with Gasteiger partial charge in [0.1, 0.15) is 47.3 Å². The van der Waals surface area contributed by atoms with E-state index in [1.54, 1.807) is 0 Å². The summed E-state index contributed by atoms with van der Waals surface area (Å²) in [6.45, 7) is -0.404. The number of rotatable bonds is 5. The Hall–Kier alpha value is -3.37. The minimum absolute atomic E-state index is 0.404. The van der Waals surface area contributed by atoms with Crippen LogP contribution in [0.2, 0.25) is 0 Å². The zero-order chi connectivity index (χ0) is 21.4. The predicted molar refractivity (Wildman–Crippen MR) is 110 cm³/mol. The molecule has 4 aromatic rings. The summed E-state index contributed by atoms with van der Waals surface area (Å²) in [6.07, 6.45) is -1.33. The van der Waals surface area contributed by atoms with E-state index in [2.05, 4.69) is 15.0 Å². The fourth-order valence-electron chi connectivity index (χ4n) is 3.66. The van der Waals surface area contributed by atoms with Gasteiger partial charge in [-0.15, -0.1) is 0 Å². The predicted octanol–water partition coefficient (Wildman–Crippen LogP) is 1.90. The molecular weight excluding hydrogens is 400 g/mol. The Morgan fingerprint density at radius 3 is 2.35 bits per heavy atom. The summed E-state index contributed by atoms with van der Waals surface area (Å²) in [5, 5.41) is 29.7. The maximum absolute atomic E-state index is 10.3. The smallest absolute Gasteiger partial charge is 0.166 e. The second kappa shape index (κ2) is 8.05. The van der Waals surface area contributed by atoms with Crippen molar-refractivity contribution in [2.24, 2.45) is 0 Å². The highest BCUT2D eigenvalue weighted by atomic mass is 16.6. The van der Waals surface area contributed by atoms with E-state index in [1.165, 1.54) is 17.2 Å². The maximum Gasteiger partial charge on any atom is 0.166 e. The molecular formula is C22H20N4O5. The first kappa shape index (κ1) is 19.6. The molecule has 9 nitrogen and oxygen atoms in total. The maximum atomic E-state index is 10.3. The molecule has 5 rings (SSSR count). The quantitative estimate of drug-likeness (QED) is 0.447. The van der Waals surface area contributed by atoms with Crippen LogP contribution in [0.15, 0.2) is 67.3 Å². The van der Waals surface area contributed by atoms with E-state index in [9.17, 15) is 15.3 Å². The van der Waals surface area contributed by atoms with E-state index in [0.717, 1.165) is 11.3 Å². The summed E-state index contributed by atoms with van der Waals surface area (Å²) < 4.78 is 13.0. The second-order valence-corrected chi connectivity index (χ2v) is 7.21. The molecule has 0 radical (unpaired) electrons. The number of fused-ring (bicyclic) bond motifs is 1. The molecule has 4 atom stereocenters. The summed E-state index contributed by atoms with van der Waals surface area (Å²) in [7, 11) is 0. The SMILES string of the molecule is OC[C@H]1O[C@@H](n2cnc3c(-c4ccc(Oc5ccccc5)cc4)ncnc32)[C@H](O)[C@@H]1O. The molecule has 1 aliphatic rings. The number of benzene rings is 2. The first-order valence-corrected chi connectivity index (χ1v) is 9.79. The second-order valence-electron chi connectivity index (χ2n) is 7.21. The largest absolute Gasteiger partial charge is 0.457 e. The molecule has 2 aromatic heterocycles. The number of imidazole rings is 1. The monoisotopic (exact) mass is 420 g/mol. The number of aromatic nitrogens is 4. The van der Waals surface area contributed by atoms with Gasteiger partial charge in [-0.3, -0.25) is 4.57 Å². The van der Waals surface area contributed by atoms with Gasteiger partial charge >= 0.3 is 0 Å². The normalized spacial score (nSPS) is 23.3. The highest BCUT2D eigenvalue weighted by molar-refractivity contribution is 5.87. The topological polar surface area (TPSA) is 123 Å². The summed E-state index contributed by atoms with van der Waals surface area (Å²) in [5.41, 5.74) is 2.40. The van der Waals surface area contributed by atoms with Gasteiger partial charge in [0.05, 0.1) is 12.9 Å². The lowest BCUT2D eigenvalue weighted by molar-refractivity contribution is -0.0511. The van der Waals surface area contributed by atoms with Gasteiger partial charge in [-0.25, -0.2) is 15.0 Å². The van der Waals surface area contributed by atoms with Crippen molar-refractivity contribution in [3.05, 3.63) is 67.3 Å². The summed E-state index contributed by atoms with van der Waals surface area (Å²) in [5.74, 6) is 1.44. The van der Waals surface area contributed by atoms with Crippen molar-refractivity contribution in [2.45, 2.75) is 24.5 Å². The van der Waals surface area contributed by atoms with Crippen LogP contribution < -0.4 is 4.74 Å². The Bertz CT molecular complexity index is 1180. The minimum Gasteiger partial charge on any atom is -0.457 e. The van der Waals surface area contributed by atoms with E-state index in [4.69, 9.17) is 9.47 Å². The Labute approximate surface area is 177 Å². The zero-order valence-corrected chi connectivity index (χ0v) is 16.3. The Morgan fingerprint density at radius 1 is 0.903 bits per heavy atom. The first-order valence-electron chi connectivity index (χ1n) is 9.79. The van der Waals surface area contributed by atoms with Crippen molar-refractivity contribution in [3.63, 3.8) is 0 Å². The third-order valence-corrected chi connectivity index (χ3v) is 5.26. The third-order valence-electron chi connectivity index (χ3n) is 5.26. The molecule has 0 spiro atoms. The highest BCUT2D eigenvalue weighted by Gasteiger charge is 2.44. The molecule has 1 aliphatic heterocycles. The van der Waals surface area contributed by atoms with Gasteiger partial charge in [-0.05, 0) is 36.4 Å². The Balaban J connectivity index is 1.45. The van der Waals surface area contributed by atoms with Crippen LogP contribution in [0.3, 0.4) is 0 Å². The van der Waals surface area contributed by atoms with Crippen LogP contribution in [-0.4, -0.2) is 59.8 Å². The number of aliphatic hydroxyl groups excluding tert-OH is 3. The zero-order valence-electron chi connectivity index (χ0n) is 16.3. The number of para-hydroxylation sites is 1. The van der Waals surface area contributed by atoms with E-state index >= 15 is 0 Å². The molecule has 158 valence electrons. The van der Waals surface area contributed by atoms with Gasteiger partial charge in [0.2, 0.25) is 0 Å². The standard InChI is InChI=1S/C22H20N4O5/c27-10-16-19(28)20(29)22(31-16)26-12-25-18-17(23-11-24-21(18)26)13-6-8-15(9-7-13)30-14-4-2-1-3-5-14/h1-9,11-12,16,19-20,22,27-29H,10H2/t16-,19-,20-,22-/m1/s1. The average Bonchev–Trinajstić information content (AvgIpc) is 3.36. The lowest BCUT2D eigenvalue weighted by Gasteiger charge is -2.16. The number of hydrogen-bond donors (Lipinski definition) is 3. The molecule has 0 amide bonds. The molecule has 0 unspecified atom stereocenters. The number of aliphatic hydroxyl groups is 3. The minimum atomic E-state index is -1.22. The van der Waals surface area contributed by atoms with Crippen LogP contribution in [0.5, 0.6) is 11.5 Å². The van der Waals surface area contributed by atoms with Crippen LogP contribution in [0.25, 0.3) is 22.4 Å². The van der Waals surface area contributed by atoms with Crippen molar-refractivity contribution in [2.75, 3.05) is 6.61 Å². The van der Waals surface area contributed by atoms with Crippen LogP contribution >= 0.6 is 0 Å². The fourth-order valence-corrected chi connectivity index (χ4v) is 3.66. The molecule has 0 aliphatic carbocycles. The van der Waals surface area contributed by atoms with Crippen molar-refractivity contribution >= 4 is 11.2 Å². The van der Waals surface area contributed by atoms with Crippen LogP contribution in [0.4, 0.5) is 0 Å². The van der Waals surface area contributed by atoms with Crippen LogP contribution in [0.1, 0.15) is 6.23 Å². The fraction of sp³-hybridized carbons (Fsp3) is 0.227. The van der Waals surface area contributed by atoms with Gasteiger partial charge in [0, 0.05) is 5.56 Å². The molecule has 0 saturated carbocycles. The Morgan fingerprint density at radius 2 is 1.65 bits per heavy atom. The average molecular weight is 420 g/mol. The molecule has 9 heteroatoms. The van der Waals surface area contributed by atoms with Crippen molar-refractivity contribution in [1.29, 1.82) is 0 Å². The number of nitrogens with zero attached hydrogens (tertiary/aromatic N) is 4. The molecule has 1 saturated heterocycles. The summed E-state index contributed by atoms with van der Waals surface area (Å²) >= 11 is 0. The number of ether oxygens (including phenoxy) is 2. The van der Waals surface area contributed by atoms with Crippen LogP contribution in [-0.2, 0) is 4.74 Å². The van der Waals surface area contributed by atoms with Crippen molar-refractivity contribution in [1.82, 2.24) is 19.5 Å². The lowest BCUT2D eigenvalue weighted by atomic mass is 10.1. The van der Waals surface area contributed by atoms with Gasteiger partial charge in [-0.2, -0.15) is 0 Å². The molecule has 3 N–H and O–H groups in total. The Kier molecular flexibility index (Phi) is 5.08. The lowest BCUT2D eigenvalue weighted by Crippen LogP contribution is -2.33. The first-order chi connectivity index (χ1) is 15.2. The van der Waals surface area contributed by atoms with E-state index in [1.807, 2.05) is 54.6 Å². The van der Waals surface area contributed by atoms with E-state index in [0.29, 0.717) is 22.6 Å². The molecule has 1 fully saturated rings. The number of hydrogen-bond acceptors (Lipinski definition) is 8. The van der Waals surface area contributed by atoms with Gasteiger partial charge < -0.3 is 24.8 Å². The van der Waals surface area contributed by atoms with Crippen molar-refractivity contribution < 1.29 is 24.8 Å². The molecule has 2 aromatic carbocycles. The van der Waals surface area contributed by atoms with E-state index < -0.39 is 31.1 Å². The van der Waals surface area contributed by atoms with Crippen molar-refractivity contribution in [3.8, 4) is 22.8 Å². The van der Waals surface area contributed by atoms with Gasteiger partial charge in [0.25, 0.3) is 0 Å². The highest BCUT2D eigenvalue weighted by Crippen LogP contribution is 2.33. The van der Waals surface area contributed by atoms with E-state index in [-0.39, 0.29) is 0 Å². The molecule has 3 heterocycles. The molecule has 0 bridgehead atoms. The summed E-state index contributed by atoms with van der Waals surface area (Å²) in [6, 6.07) is 17.0. The third kappa shape index (κ3) is 3.53. The summed E-state index contributed by atoms with van der Waals surface area (Å²) in [4.78, 5) is 13.1. The molecule has 31 heavy (non-hydrogen) atoms. The van der Waals surface area contributed by atoms with Crippen LogP contribution in [0, 0.1) is 0 Å². The van der Waals surface area contributed by atoms with Gasteiger partial charge in [-0.1, -0.05) is 18.2 Å². The van der Waals surface area contributed by atoms with Gasteiger partial charge in [0.15, 0.2) is 11.9 Å².